The molecule has 0 spiro atoms. The molecule has 1 heterocycles. The molecule has 5 heteroatoms. The SMILES string of the molecule is CCc1cc(C(=O)Nc2c(C)cccc2C(=O)OC)sc1C. The highest BCUT2D eigenvalue weighted by atomic mass is 32.1. The summed E-state index contributed by atoms with van der Waals surface area (Å²) in [4.78, 5) is 26.1. The van der Waals surface area contributed by atoms with E-state index in [0.717, 1.165) is 16.9 Å². The number of anilines is 1. The quantitative estimate of drug-likeness (QED) is 0.868. The van der Waals surface area contributed by atoms with E-state index < -0.39 is 5.97 Å². The van der Waals surface area contributed by atoms with Gasteiger partial charge in [0.2, 0.25) is 0 Å². The Morgan fingerprint density at radius 1 is 1.27 bits per heavy atom. The van der Waals surface area contributed by atoms with Crippen molar-refractivity contribution >= 4 is 28.9 Å². The third kappa shape index (κ3) is 3.20. The van der Waals surface area contributed by atoms with E-state index in [0.29, 0.717) is 16.1 Å². The van der Waals surface area contributed by atoms with Crippen LogP contribution in [0.15, 0.2) is 24.3 Å². The van der Waals surface area contributed by atoms with Crippen molar-refractivity contribution in [2.75, 3.05) is 12.4 Å². The maximum Gasteiger partial charge on any atom is 0.339 e. The number of methoxy groups -OCH3 is 1. The predicted molar refractivity (Wildman–Crippen MR) is 88.9 cm³/mol. The number of benzene rings is 1. The molecule has 2 rings (SSSR count). The van der Waals surface area contributed by atoms with Crippen molar-refractivity contribution in [1.29, 1.82) is 0 Å². The first-order chi connectivity index (χ1) is 10.5. The summed E-state index contributed by atoms with van der Waals surface area (Å²) in [6.45, 7) is 5.92. The summed E-state index contributed by atoms with van der Waals surface area (Å²) >= 11 is 1.46. The van der Waals surface area contributed by atoms with Gasteiger partial charge in [-0.1, -0.05) is 19.1 Å². The second-order valence-electron chi connectivity index (χ2n) is 4.99. The van der Waals surface area contributed by atoms with Crippen LogP contribution in [-0.4, -0.2) is 19.0 Å². The topological polar surface area (TPSA) is 55.4 Å². The fourth-order valence-corrected chi connectivity index (χ4v) is 3.28. The molecule has 1 aromatic heterocycles. The van der Waals surface area contributed by atoms with Crippen LogP contribution in [0.4, 0.5) is 5.69 Å². The van der Waals surface area contributed by atoms with Gasteiger partial charge in [0.1, 0.15) is 0 Å². The second kappa shape index (κ2) is 6.75. The molecule has 0 aliphatic carbocycles. The average molecular weight is 317 g/mol. The number of esters is 1. The summed E-state index contributed by atoms with van der Waals surface area (Å²) in [5.41, 5.74) is 2.86. The van der Waals surface area contributed by atoms with Crippen molar-refractivity contribution in [2.45, 2.75) is 27.2 Å². The van der Waals surface area contributed by atoms with Crippen LogP contribution in [0.2, 0.25) is 0 Å². The monoisotopic (exact) mass is 317 g/mol. The zero-order valence-corrected chi connectivity index (χ0v) is 14.0. The smallest absolute Gasteiger partial charge is 0.339 e. The van der Waals surface area contributed by atoms with Crippen LogP contribution >= 0.6 is 11.3 Å². The van der Waals surface area contributed by atoms with E-state index in [1.165, 1.54) is 24.0 Å². The summed E-state index contributed by atoms with van der Waals surface area (Å²) in [5, 5.41) is 2.85. The minimum Gasteiger partial charge on any atom is -0.465 e. The average Bonchev–Trinajstić information content (AvgIpc) is 2.89. The lowest BCUT2D eigenvalue weighted by Crippen LogP contribution is -2.15. The van der Waals surface area contributed by atoms with Crippen molar-refractivity contribution in [3.8, 4) is 0 Å². The molecule has 0 aliphatic rings. The minimum atomic E-state index is -0.462. The molecule has 1 aromatic carbocycles. The van der Waals surface area contributed by atoms with Crippen molar-refractivity contribution in [3.05, 3.63) is 50.7 Å². The molecule has 2 aromatic rings. The molecule has 22 heavy (non-hydrogen) atoms. The van der Waals surface area contributed by atoms with Crippen LogP contribution in [-0.2, 0) is 11.2 Å². The number of ether oxygens (including phenoxy) is 1. The van der Waals surface area contributed by atoms with Crippen LogP contribution in [0.3, 0.4) is 0 Å². The number of amides is 1. The van der Waals surface area contributed by atoms with Gasteiger partial charge in [-0.15, -0.1) is 11.3 Å². The number of para-hydroxylation sites is 1. The Morgan fingerprint density at radius 3 is 2.59 bits per heavy atom. The lowest BCUT2D eigenvalue weighted by molar-refractivity contribution is 0.0602. The largest absolute Gasteiger partial charge is 0.465 e. The molecule has 1 amide bonds. The standard InChI is InChI=1S/C17H19NO3S/c1-5-12-9-14(22-11(12)3)16(19)18-15-10(2)7-6-8-13(15)17(20)21-4/h6-9H,5H2,1-4H3,(H,18,19). The van der Waals surface area contributed by atoms with Gasteiger partial charge in [-0.3, -0.25) is 4.79 Å². The van der Waals surface area contributed by atoms with Crippen LogP contribution in [0, 0.1) is 13.8 Å². The molecule has 0 bridgehead atoms. The Hall–Kier alpha value is -2.14. The Morgan fingerprint density at radius 2 is 2.00 bits per heavy atom. The van der Waals surface area contributed by atoms with Gasteiger partial charge in [0.05, 0.1) is 23.2 Å². The van der Waals surface area contributed by atoms with Crippen LogP contribution in [0.25, 0.3) is 0 Å². The molecular weight excluding hydrogens is 298 g/mol. The number of hydrogen-bond acceptors (Lipinski definition) is 4. The summed E-state index contributed by atoms with van der Waals surface area (Å²) in [7, 11) is 1.33. The van der Waals surface area contributed by atoms with Gasteiger partial charge in [0, 0.05) is 4.88 Å². The maximum absolute atomic E-state index is 12.5. The van der Waals surface area contributed by atoms with Crippen molar-refractivity contribution < 1.29 is 14.3 Å². The van der Waals surface area contributed by atoms with E-state index in [9.17, 15) is 9.59 Å². The Balaban J connectivity index is 2.33. The first kappa shape index (κ1) is 16.2. The summed E-state index contributed by atoms with van der Waals surface area (Å²) < 4.78 is 4.77. The first-order valence-corrected chi connectivity index (χ1v) is 7.88. The fraction of sp³-hybridized carbons (Fsp3) is 0.294. The highest BCUT2D eigenvalue weighted by Gasteiger charge is 2.18. The van der Waals surface area contributed by atoms with Crippen LogP contribution in [0.5, 0.6) is 0 Å². The van der Waals surface area contributed by atoms with Crippen LogP contribution < -0.4 is 5.32 Å². The molecule has 0 radical (unpaired) electrons. The zero-order chi connectivity index (χ0) is 16.3. The maximum atomic E-state index is 12.5. The first-order valence-electron chi connectivity index (χ1n) is 7.06. The van der Waals surface area contributed by atoms with E-state index in [2.05, 4.69) is 12.2 Å². The van der Waals surface area contributed by atoms with Gasteiger partial charge in [0.15, 0.2) is 0 Å². The normalized spacial score (nSPS) is 10.4. The summed E-state index contributed by atoms with van der Waals surface area (Å²) in [6, 6.07) is 7.16. The number of hydrogen-bond donors (Lipinski definition) is 1. The summed E-state index contributed by atoms with van der Waals surface area (Å²) in [5.74, 6) is -0.664. The van der Waals surface area contributed by atoms with Gasteiger partial charge >= 0.3 is 5.97 Å². The second-order valence-corrected chi connectivity index (χ2v) is 6.25. The van der Waals surface area contributed by atoms with E-state index in [-0.39, 0.29) is 5.91 Å². The Bertz CT molecular complexity index is 719. The molecule has 0 aliphatic heterocycles. The van der Waals surface area contributed by atoms with Gasteiger partial charge in [-0.05, 0) is 43.5 Å². The molecule has 0 atom stereocenters. The van der Waals surface area contributed by atoms with E-state index >= 15 is 0 Å². The number of nitrogens with one attached hydrogen (secondary N) is 1. The van der Waals surface area contributed by atoms with Gasteiger partial charge in [-0.2, -0.15) is 0 Å². The molecule has 0 fully saturated rings. The zero-order valence-electron chi connectivity index (χ0n) is 13.1. The molecule has 0 saturated carbocycles. The minimum absolute atomic E-state index is 0.202. The van der Waals surface area contributed by atoms with Gasteiger partial charge < -0.3 is 10.1 Å². The molecule has 4 nitrogen and oxygen atoms in total. The molecule has 0 saturated heterocycles. The van der Waals surface area contributed by atoms with Gasteiger partial charge in [-0.25, -0.2) is 4.79 Å². The molecule has 1 N–H and O–H groups in total. The molecule has 116 valence electrons. The number of aryl methyl sites for hydroxylation is 3. The van der Waals surface area contributed by atoms with Gasteiger partial charge in [0.25, 0.3) is 5.91 Å². The highest BCUT2D eigenvalue weighted by Crippen LogP contribution is 2.26. The van der Waals surface area contributed by atoms with E-state index in [4.69, 9.17) is 4.74 Å². The Kier molecular flexibility index (Phi) is 4.98. The Labute approximate surface area is 134 Å². The molecule has 0 unspecified atom stereocenters. The van der Waals surface area contributed by atoms with Crippen molar-refractivity contribution in [2.24, 2.45) is 0 Å². The number of thiophene rings is 1. The predicted octanol–water partition coefficient (Wildman–Crippen LogP) is 3.97. The van der Waals surface area contributed by atoms with Crippen molar-refractivity contribution in [1.82, 2.24) is 0 Å². The van der Waals surface area contributed by atoms with Crippen LogP contribution in [0.1, 0.15) is 43.0 Å². The fourth-order valence-electron chi connectivity index (χ4n) is 2.27. The lowest BCUT2D eigenvalue weighted by atomic mass is 10.1. The van der Waals surface area contributed by atoms with Crippen molar-refractivity contribution in [3.63, 3.8) is 0 Å². The lowest BCUT2D eigenvalue weighted by Gasteiger charge is -2.11. The highest BCUT2D eigenvalue weighted by molar-refractivity contribution is 7.14. The van der Waals surface area contributed by atoms with E-state index in [1.807, 2.05) is 26.0 Å². The number of rotatable bonds is 4. The third-order valence-corrected chi connectivity index (χ3v) is 4.63. The number of carbonyl (C=O) groups is 2. The third-order valence-electron chi connectivity index (χ3n) is 3.54. The van der Waals surface area contributed by atoms with E-state index in [1.54, 1.807) is 12.1 Å². The molecular formula is C17H19NO3S. The summed E-state index contributed by atoms with van der Waals surface area (Å²) in [6.07, 6.45) is 0.896. The number of carbonyl (C=O) groups excluding carboxylic acids is 2.